The summed E-state index contributed by atoms with van der Waals surface area (Å²) in [6, 6.07) is 2.16. The summed E-state index contributed by atoms with van der Waals surface area (Å²) >= 11 is 1.42. The zero-order valence-electron chi connectivity index (χ0n) is 14.8. The molecule has 0 amide bonds. The molecule has 0 saturated carbocycles. The number of ether oxygens (including phenoxy) is 1. The average Bonchev–Trinajstić information content (AvgIpc) is 2.54. The van der Waals surface area contributed by atoms with Crippen LogP contribution in [0.25, 0.3) is 0 Å². The van der Waals surface area contributed by atoms with Crippen LogP contribution < -0.4 is 5.73 Å². The van der Waals surface area contributed by atoms with Crippen LogP contribution in [0.2, 0.25) is 0 Å². The second-order valence-corrected chi connectivity index (χ2v) is 7.20. The van der Waals surface area contributed by atoms with Gasteiger partial charge in [-0.05, 0) is 45.9 Å². The van der Waals surface area contributed by atoms with Gasteiger partial charge in [-0.25, -0.2) is 9.97 Å². The Hall–Kier alpha value is -1.67. The lowest BCUT2D eigenvalue weighted by Crippen LogP contribution is -2.45. The van der Waals surface area contributed by atoms with Gasteiger partial charge in [0.1, 0.15) is 11.3 Å². The highest BCUT2D eigenvalue weighted by Gasteiger charge is 2.22. The van der Waals surface area contributed by atoms with Crippen LogP contribution in [0.4, 0.5) is 0 Å². The number of carbonyl (C=O) groups is 1. The number of aromatic nitrogens is 2. The Bertz CT molecular complexity index is 540. The van der Waals surface area contributed by atoms with Crippen molar-refractivity contribution >= 4 is 24.1 Å². The van der Waals surface area contributed by atoms with E-state index in [4.69, 9.17) is 15.9 Å². The van der Waals surface area contributed by atoms with Gasteiger partial charge in [-0.1, -0.05) is 11.8 Å². The molecular formula is C16H27N5O2S. The maximum absolute atomic E-state index is 10.2. The van der Waals surface area contributed by atoms with Crippen molar-refractivity contribution in [2.75, 3.05) is 19.3 Å². The smallest absolute Gasteiger partial charge is 0.284 e. The van der Waals surface area contributed by atoms with Gasteiger partial charge in [-0.2, -0.15) is 0 Å². The highest BCUT2D eigenvalue weighted by atomic mass is 32.2. The molecule has 7 nitrogen and oxygen atoms in total. The molecule has 1 fully saturated rings. The summed E-state index contributed by atoms with van der Waals surface area (Å²) in [5.74, 6) is 0. The van der Waals surface area contributed by atoms with E-state index in [0.717, 1.165) is 25.9 Å². The number of thioether (sulfide) groups is 1. The Morgan fingerprint density at radius 2 is 2.08 bits per heavy atom. The van der Waals surface area contributed by atoms with Crippen molar-refractivity contribution in [3.63, 3.8) is 0 Å². The van der Waals surface area contributed by atoms with E-state index in [-0.39, 0.29) is 11.6 Å². The first-order valence-electron chi connectivity index (χ1n) is 7.85. The first-order valence-corrected chi connectivity index (χ1v) is 9.08. The van der Waals surface area contributed by atoms with E-state index in [1.165, 1.54) is 11.8 Å². The van der Waals surface area contributed by atoms with Crippen LogP contribution in [0.3, 0.4) is 0 Å². The summed E-state index contributed by atoms with van der Waals surface area (Å²) in [4.78, 5) is 19.9. The molecule has 1 aromatic heterocycles. The van der Waals surface area contributed by atoms with Gasteiger partial charge >= 0.3 is 0 Å². The van der Waals surface area contributed by atoms with Gasteiger partial charge in [-0.15, -0.1) is 0 Å². The molecule has 2 rings (SSSR count). The van der Waals surface area contributed by atoms with Gasteiger partial charge in [-0.3, -0.25) is 10.2 Å². The number of piperidine rings is 1. The minimum absolute atomic E-state index is 0.281. The Morgan fingerprint density at radius 1 is 1.46 bits per heavy atom. The molecule has 1 aliphatic heterocycles. The standard InChI is InChI=1S/C10H21N3O.C6H6N2OS/c1-10(2,3)14-9(12)13-6-4-8(11)5-7-13;1-10-6-7-3-2-5(4-9)8-6/h8,12H,4-7,11H2,1-3H3;2-4H,1H3. The first kappa shape index (κ1) is 20.4. The summed E-state index contributed by atoms with van der Waals surface area (Å²) < 4.78 is 5.48. The summed E-state index contributed by atoms with van der Waals surface area (Å²) in [6.45, 7) is 7.55. The number of amidine groups is 1. The monoisotopic (exact) mass is 353 g/mol. The van der Waals surface area contributed by atoms with E-state index < -0.39 is 0 Å². The lowest BCUT2D eigenvalue weighted by atomic mass is 10.1. The number of nitrogens with two attached hydrogens (primary N) is 1. The summed E-state index contributed by atoms with van der Waals surface area (Å²) in [7, 11) is 0. The van der Waals surface area contributed by atoms with Crippen LogP contribution in [0, 0.1) is 5.41 Å². The van der Waals surface area contributed by atoms with Gasteiger partial charge in [0.05, 0.1) is 0 Å². The van der Waals surface area contributed by atoms with Crippen LogP contribution in [0.15, 0.2) is 17.4 Å². The van der Waals surface area contributed by atoms with E-state index in [1.807, 2.05) is 31.9 Å². The van der Waals surface area contributed by atoms with E-state index in [0.29, 0.717) is 23.2 Å². The predicted octanol–water partition coefficient (Wildman–Crippen LogP) is 2.17. The molecular weight excluding hydrogens is 326 g/mol. The summed E-state index contributed by atoms with van der Waals surface area (Å²) in [5, 5.41) is 8.40. The highest BCUT2D eigenvalue weighted by Crippen LogP contribution is 2.13. The van der Waals surface area contributed by atoms with Crippen LogP contribution in [0.5, 0.6) is 0 Å². The number of hydrogen-bond acceptors (Lipinski definition) is 7. The molecule has 134 valence electrons. The SMILES string of the molecule is CC(C)(C)OC(=N)N1CCC(N)CC1.CSc1nccc(C=O)n1. The van der Waals surface area contributed by atoms with Gasteiger partial charge in [0.15, 0.2) is 11.4 Å². The van der Waals surface area contributed by atoms with Gasteiger partial charge < -0.3 is 15.4 Å². The van der Waals surface area contributed by atoms with Crippen molar-refractivity contribution in [3.05, 3.63) is 18.0 Å². The van der Waals surface area contributed by atoms with Crippen LogP contribution in [-0.2, 0) is 4.74 Å². The molecule has 8 heteroatoms. The molecule has 0 unspecified atom stereocenters. The molecule has 0 aromatic carbocycles. The van der Waals surface area contributed by atoms with Crippen molar-refractivity contribution in [3.8, 4) is 0 Å². The quantitative estimate of drug-likeness (QED) is 0.276. The zero-order chi connectivity index (χ0) is 18.2. The van der Waals surface area contributed by atoms with Crippen LogP contribution in [0.1, 0.15) is 44.1 Å². The van der Waals surface area contributed by atoms with E-state index in [9.17, 15) is 4.79 Å². The Labute approximate surface area is 147 Å². The van der Waals surface area contributed by atoms with E-state index in [1.54, 1.807) is 12.3 Å². The molecule has 2 heterocycles. The third kappa shape index (κ3) is 7.74. The second kappa shape index (κ2) is 9.58. The van der Waals surface area contributed by atoms with Crippen LogP contribution in [-0.4, -0.2) is 58.2 Å². The minimum Gasteiger partial charge on any atom is -0.460 e. The minimum atomic E-state index is -0.281. The molecule has 0 aliphatic carbocycles. The maximum Gasteiger partial charge on any atom is 0.284 e. The molecule has 0 bridgehead atoms. The van der Waals surface area contributed by atoms with Crippen molar-refractivity contribution in [2.24, 2.45) is 5.73 Å². The molecule has 1 saturated heterocycles. The number of carbonyl (C=O) groups excluding carboxylic acids is 1. The van der Waals surface area contributed by atoms with E-state index >= 15 is 0 Å². The fourth-order valence-electron chi connectivity index (χ4n) is 1.98. The predicted molar refractivity (Wildman–Crippen MR) is 96.5 cm³/mol. The molecule has 0 radical (unpaired) electrons. The molecule has 24 heavy (non-hydrogen) atoms. The molecule has 1 aromatic rings. The number of nitrogens with one attached hydrogen (secondary N) is 1. The third-order valence-corrected chi connectivity index (χ3v) is 3.75. The fourth-order valence-corrected chi connectivity index (χ4v) is 2.34. The Balaban J connectivity index is 0.000000254. The number of likely N-dealkylation sites (tertiary alicyclic amines) is 1. The van der Waals surface area contributed by atoms with Gasteiger partial charge in [0.25, 0.3) is 6.02 Å². The van der Waals surface area contributed by atoms with Crippen molar-refractivity contribution < 1.29 is 9.53 Å². The first-order chi connectivity index (χ1) is 11.2. The van der Waals surface area contributed by atoms with E-state index in [2.05, 4.69) is 9.97 Å². The lowest BCUT2D eigenvalue weighted by molar-refractivity contribution is 0.0797. The molecule has 0 atom stereocenters. The maximum atomic E-state index is 10.2. The number of rotatable bonds is 2. The summed E-state index contributed by atoms with van der Waals surface area (Å²) in [5.41, 5.74) is 5.94. The molecule has 0 spiro atoms. The van der Waals surface area contributed by atoms with Gasteiger partial charge in [0, 0.05) is 25.3 Å². The molecule has 3 N–H and O–H groups in total. The average molecular weight is 353 g/mol. The normalized spacial score (nSPS) is 15.3. The largest absolute Gasteiger partial charge is 0.460 e. The number of hydrogen-bond donors (Lipinski definition) is 2. The summed E-state index contributed by atoms with van der Waals surface area (Å²) in [6.07, 6.45) is 6.06. The second-order valence-electron chi connectivity index (χ2n) is 6.43. The molecule has 1 aliphatic rings. The van der Waals surface area contributed by atoms with Gasteiger partial charge in [0.2, 0.25) is 0 Å². The Morgan fingerprint density at radius 3 is 2.58 bits per heavy atom. The fraction of sp³-hybridized carbons (Fsp3) is 0.625. The zero-order valence-corrected chi connectivity index (χ0v) is 15.6. The van der Waals surface area contributed by atoms with Crippen molar-refractivity contribution in [1.29, 1.82) is 5.41 Å². The van der Waals surface area contributed by atoms with Crippen molar-refractivity contribution in [1.82, 2.24) is 14.9 Å². The highest BCUT2D eigenvalue weighted by molar-refractivity contribution is 7.98. The third-order valence-electron chi connectivity index (χ3n) is 3.19. The number of nitrogens with zero attached hydrogens (tertiary/aromatic N) is 3. The van der Waals surface area contributed by atoms with Crippen molar-refractivity contribution in [2.45, 2.75) is 50.4 Å². The lowest BCUT2D eigenvalue weighted by Gasteiger charge is -2.34. The number of aldehydes is 1. The Kier molecular flexibility index (Phi) is 8.14. The van der Waals surface area contributed by atoms with Crippen LogP contribution >= 0.6 is 11.8 Å². The topological polar surface area (TPSA) is 105 Å².